The molecule has 2 rings (SSSR count). The van der Waals surface area contributed by atoms with Crippen molar-refractivity contribution in [1.29, 1.82) is 0 Å². The van der Waals surface area contributed by atoms with E-state index in [0.29, 0.717) is 5.69 Å². The minimum absolute atomic E-state index is 0.205. The summed E-state index contributed by atoms with van der Waals surface area (Å²) >= 11 is 0. The van der Waals surface area contributed by atoms with Crippen LogP contribution in [0.2, 0.25) is 0 Å². The molecular formula is C12H11FN4O3. The molecule has 2 N–H and O–H groups in total. The van der Waals surface area contributed by atoms with Gasteiger partial charge in [-0.2, -0.15) is 0 Å². The van der Waals surface area contributed by atoms with E-state index in [1.807, 2.05) is 0 Å². The lowest BCUT2D eigenvalue weighted by molar-refractivity contribution is -0.117. The number of aromatic carboxylic acids is 1. The van der Waals surface area contributed by atoms with E-state index in [1.54, 1.807) is 0 Å². The summed E-state index contributed by atoms with van der Waals surface area (Å²) in [5.41, 5.74) is 0.377. The Morgan fingerprint density at radius 3 is 2.80 bits per heavy atom. The van der Waals surface area contributed by atoms with Gasteiger partial charge in [0.2, 0.25) is 5.91 Å². The molecule has 0 bridgehead atoms. The molecule has 0 radical (unpaired) electrons. The Morgan fingerprint density at radius 2 is 2.20 bits per heavy atom. The molecule has 2 aromatic rings. The summed E-state index contributed by atoms with van der Waals surface area (Å²) in [6.07, 6.45) is 0. The molecule has 0 spiro atoms. The summed E-state index contributed by atoms with van der Waals surface area (Å²) in [6.45, 7) is 1.29. The van der Waals surface area contributed by atoms with Gasteiger partial charge in [-0.25, -0.2) is 13.9 Å². The number of hydrogen-bond acceptors (Lipinski definition) is 4. The van der Waals surface area contributed by atoms with Crippen molar-refractivity contribution in [2.24, 2.45) is 0 Å². The van der Waals surface area contributed by atoms with Crippen LogP contribution in [0.4, 0.5) is 10.1 Å². The number of benzene rings is 1. The normalized spacial score (nSPS) is 10.3. The van der Waals surface area contributed by atoms with Gasteiger partial charge in [-0.05, 0) is 25.1 Å². The lowest BCUT2D eigenvalue weighted by Crippen LogP contribution is -2.20. The third-order valence-corrected chi connectivity index (χ3v) is 2.59. The molecule has 1 aromatic heterocycles. The number of rotatable bonds is 4. The molecule has 0 saturated heterocycles. The van der Waals surface area contributed by atoms with Gasteiger partial charge in [-0.15, -0.1) is 5.10 Å². The molecule has 8 heteroatoms. The molecule has 0 aliphatic carbocycles. The van der Waals surface area contributed by atoms with Crippen LogP contribution >= 0.6 is 0 Å². The molecule has 0 saturated carbocycles. The number of hydrogen-bond donors (Lipinski definition) is 2. The van der Waals surface area contributed by atoms with Crippen LogP contribution in [0.1, 0.15) is 16.2 Å². The zero-order valence-corrected chi connectivity index (χ0v) is 10.5. The smallest absolute Gasteiger partial charge is 0.358 e. The highest BCUT2D eigenvalue weighted by Gasteiger charge is 2.16. The molecule has 1 amide bonds. The summed E-state index contributed by atoms with van der Waals surface area (Å²) in [6, 6.07) is 5.44. The minimum atomic E-state index is -1.21. The Balaban J connectivity index is 2.07. The highest BCUT2D eigenvalue weighted by Crippen LogP contribution is 2.09. The first-order valence-corrected chi connectivity index (χ1v) is 5.66. The zero-order valence-electron chi connectivity index (χ0n) is 10.5. The third-order valence-electron chi connectivity index (χ3n) is 2.59. The first-order valence-electron chi connectivity index (χ1n) is 5.66. The maximum atomic E-state index is 13.0. The van der Waals surface area contributed by atoms with Crippen molar-refractivity contribution in [3.05, 3.63) is 41.5 Å². The van der Waals surface area contributed by atoms with Gasteiger partial charge in [0.1, 0.15) is 12.4 Å². The molecule has 20 heavy (non-hydrogen) atoms. The van der Waals surface area contributed by atoms with Crippen LogP contribution in [0.5, 0.6) is 0 Å². The lowest BCUT2D eigenvalue weighted by Gasteiger charge is -2.06. The molecule has 1 heterocycles. The second-order valence-electron chi connectivity index (χ2n) is 4.04. The number of carboxylic acid groups (broad SMARTS) is 1. The van der Waals surface area contributed by atoms with Crippen LogP contribution in [0.25, 0.3) is 0 Å². The van der Waals surface area contributed by atoms with E-state index >= 15 is 0 Å². The Bertz CT molecular complexity index is 668. The van der Waals surface area contributed by atoms with Crippen LogP contribution in [-0.2, 0) is 11.3 Å². The van der Waals surface area contributed by atoms with E-state index in [9.17, 15) is 14.0 Å². The van der Waals surface area contributed by atoms with Crippen molar-refractivity contribution < 1.29 is 19.1 Å². The van der Waals surface area contributed by atoms with E-state index in [-0.39, 0.29) is 17.9 Å². The number of halogens is 1. The fourth-order valence-corrected chi connectivity index (χ4v) is 1.61. The first kappa shape index (κ1) is 13.7. The van der Waals surface area contributed by atoms with Crippen molar-refractivity contribution in [3.63, 3.8) is 0 Å². The third kappa shape index (κ3) is 2.97. The number of carbonyl (C=O) groups is 2. The average Bonchev–Trinajstić information content (AvgIpc) is 2.71. The Hall–Kier alpha value is -2.77. The van der Waals surface area contributed by atoms with Gasteiger partial charge in [0.15, 0.2) is 5.69 Å². The fourth-order valence-electron chi connectivity index (χ4n) is 1.61. The van der Waals surface area contributed by atoms with Crippen molar-refractivity contribution in [2.45, 2.75) is 13.5 Å². The minimum Gasteiger partial charge on any atom is -0.476 e. The lowest BCUT2D eigenvalue weighted by atomic mass is 10.3. The standard InChI is InChI=1S/C12H11FN4O3/c1-7-11(12(19)20)15-16-17(7)6-10(18)14-9-4-2-3-8(13)5-9/h2-5H,6H2,1H3,(H,14,18)(H,19,20). The van der Waals surface area contributed by atoms with Crippen molar-refractivity contribution in [3.8, 4) is 0 Å². The van der Waals surface area contributed by atoms with E-state index in [1.165, 1.54) is 31.2 Å². The Labute approximate surface area is 113 Å². The number of nitrogens with zero attached hydrogens (tertiary/aromatic N) is 3. The molecule has 0 atom stereocenters. The topological polar surface area (TPSA) is 97.1 Å². The largest absolute Gasteiger partial charge is 0.476 e. The summed E-state index contributed by atoms with van der Waals surface area (Å²) in [7, 11) is 0. The molecule has 7 nitrogen and oxygen atoms in total. The number of carboxylic acids is 1. The Morgan fingerprint density at radius 1 is 1.45 bits per heavy atom. The molecule has 104 valence electrons. The van der Waals surface area contributed by atoms with Gasteiger partial charge < -0.3 is 10.4 Å². The van der Waals surface area contributed by atoms with Crippen molar-refractivity contribution in [2.75, 3.05) is 5.32 Å². The second kappa shape index (κ2) is 5.47. The van der Waals surface area contributed by atoms with Gasteiger partial charge in [0.05, 0.1) is 5.69 Å². The van der Waals surface area contributed by atoms with Gasteiger partial charge in [-0.3, -0.25) is 4.79 Å². The second-order valence-corrected chi connectivity index (χ2v) is 4.04. The predicted molar refractivity (Wildman–Crippen MR) is 66.7 cm³/mol. The summed E-state index contributed by atoms with van der Waals surface area (Å²) in [5, 5.41) is 18.4. The molecule has 0 aliphatic heterocycles. The van der Waals surface area contributed by atoms with E-state index < -0.39 is 17.7 Å². The van der Waals surface area contributed by atoms with Crippen LogP contribution in [0.3, 0.4) is 0 Å². The Kier molecular flexibility index (Phi) is 3.74. The van der Waals surface area contributed by atoms with E-state index in [0.717, 1.165) is 4.68 Å². The maximum Gasteiger partial charge on any atom is 0.358 e. The number of anilines is 1. The zero-order chi connectivity index (χ0) is 14.7. The van der Waals surface area contributed by atoms with Crippen LogP contribution in [0, 0.1) is 12.7 Å². The highest BCUT2D eigenvalue weighted by molar-refractivity contribution is 5.91. The van der Waals surface area contributed by atoms with Crippen molar-refractivity contribution in [1.82, 2.24) is 15.0 Å². The number of aromatic nitrogens is 3. The summed E-state index contributed by atoms with van der Waals surface area (Å²) < 4.78 is 14.1. The van der Waals surface area contributed by atoms with Gasteiger partial charge in [-0.1, -0.05) is 11.3 Å². The monoisotopic (exact) mass is 278 g/mol. The summed E-state index contributed by atoms with van der Waals surface area (Å²) in [4.78, 5) is 22.5. The maximum absolute atomic E-state index is 13.0. The van der Waals surface area contributed by atoms with E-state index in [2.05, 4.69) is 15.6 Å². The molecule has 0 fully saturated rings. The SMILES string of the molecule is Cc1c(C(=O)O)nnn1CC(=O)Nc1cccc(F)c1. The highest BCUT2D eigenvalue weighted by atomic mass is 19.1. The van der Waals surface area contributed by atoms with Gasteiger partial charge >= 0.3 is 5.97 Å². The average molecular weight is 278 g/mol. The van der Waals surface area contributed by atoms with Crippen LogP contribution in [0.15, 0.2) is 24.3 Å². The van der Waals surface area contributed by atoms with Crippen molar-refractivity contribution >= 4 is 17.6 Å². The number of amides is 1. The quantitative estimate of drug-likeness (QED) is 0.871. The first-order chi connectivity index (χ1) is 9.47. The van der Waals surface area contributed by atoms with Gasteiger partial charge in [0.25, 0.3) is 0 Å². The number of nitrogens with one attached hydrogen (secondary N) is 1. The fraction of sp³-hybridized carbons (Fsp3) is 0.167. The van der Waals surface area contributed by atoms with E-state index in [4.69, 9.17) is 5.11 Å². The van der Waals surface area contributed by atoms with Crippen LogP contribution < -0.4 is 5.32 Å². The molecule has 0 aliphatic rings. The van der Waals surface area contributed by atoms with Crippen LogP contribution in [-0.4, -0.2) is 32.0 Å². The molecular weight excluding hydrogens is 267 g/mol. The number of carbonyl (C=O) groups excluding carboxylic acids is 1. The van der Waals surface area contributed by atoms with Gasteiger partial charge in [0, 0.05) is 5.69 Å². The summed E-state index contributed by atoms with van der Waals surface area (Å²) in [5.74, 6) is -2.13. The molecule has 0 unspecified atom stereocenters. The predicted octanol–water partition coefficient (Wildman–Crippen LogP) is 1.06. The molecule has 1 aromatic carbocycles.